The average Bonchev–Trinajstić information content (AvgIpc) is 3.07. The van der Waals surface area contributed by atoms with E-state index in [1.807, 2.05) is 60.3 Å². The largest absolute Gasteiger partial charge is 0.419 e. The number of rotatable bonds is 4. The van der Waals surface area contributed by atoms with Crippen molar-refractivity contribution in [3.8, 4) is 5.75 Å². The van der Waals surface area contributed by atoms with Gasteiger partial charge < -0.3 is 9.30 Å². The monoisotopic (exact) mass is 353 g/mol. The molecule has 1 unspecified atom stereocenters. The Morgan fingerprint density at radius 3 is 2.44 bits per heavy atom. The number of carbonyl (C=O) groups is 1. The van der Waals surface area contributed by atoms with Gasteiger partial charge in [0.1, 0.15) is 11.6 Å². The van der Waals surface area contributed by atoms with E-state index in [4.69, 9.17) is 4.74 Å². The fraction of sp³-hybridized carbons (Fsp3) is 0.158. The minimum absolute atomic E-state index is 0.142. The van der Waals surface area contributed by atoms with Crippen LogP contribution in [0.3, 0.4) is 0 Å². The first-order valence-electron chi connectivity index (χ1n) is 7.82. The van der Waals surface area contributed by atoms with Crippen molar-refractivity contribution in [3.05, 3.63) is 78.4 Å². The molecule has 0 N–H and O–H groups in total. The second-order valence-electron chi connectivity index (χ2n) is 5.63. The number of anilines is 1. The fourth-order valence-corrected chi connectivity index (χ4v) is 2.86. The van der Waals surface area contributed by atoms with Gasteiger partial charge in [0.25, 0.3) is 0 Å². The Morgan fingerprint density at radius 2 is 1.84 bits per heavy atom. The minimum atomic E-state index is -0.439. The second kappa shape index (κ2) is 7.44. The van der Waals surface area contributed by atoms with Gasteiger partial charge in [0, 0.05) is 32.2 Å². The molecule has 3 rings (SSSR count). The molecule has 2 aromatic carbocycles. The van der Waals surface area contributed by atoms with Crippen LogP contribution < -0.4 is 9.64 Å². The summed E-state index contributed by atoms with van der Waals surface area (Å²) in [5.41, 5.74) is 1.75. The van der Waals surface area contributed by atoms with Gasteiger partial charge in [-0.05, 0) is 29.8 Å². The number of hydrogen-bond acceptors (Lipinski definition) is 4. The number of aromatic nitrogens is 2. The third-order valence-corrected chi connectivity index (χ3v) is 4.45. The quantitative estimate of drug-likeness (QED) is 0.719. The molecule has 0 saturated carbocycles. The first-order valence-corrected chi connectivity index (χ1v) is 8.33. The third-order valence-electron chi connectivity index (χ3n) is 3.92. The van der Waals surface area contributed by atoms with Crippen LogP contribution in [0.15, 0.2) is 67.0 Å². The van der Waals surface area contributed by atoms with Gasteiger partial charge in [-0.25, -0.2) is 9.78 Å². The fourth-order valence-electron chi connectivity index (χ4n) is 2.43. The number of ether oxygens (including phenoxy) is 1. The molecule has 25 heavy (non-hydrogen) atoms. The molecule has 0 aliphatic rings. The van der Waals surface area contributed by atoms with Crippen molar-refractivity contribution < 1.29 is 9.53 Å². The van der Waals surface area contributed by atoms with Gasteiger partial charge in [-0.2, -0.15) is 12.6 Å². The number of amides is 1. The minimum Gasteiger partial charge on any atom is -0.410 e. The maximum Gasteiger partial charge on any atom is 0.419 e. The summed E-state index contributed by atoms with van der Waals surface area (Å²) in [6.45, 7) is 0. The first kappa shape index (κ1) is 17.1. The number of hydrogen-bond donors (Lipinski definition) is 1. The number of imidazole rings is 1. The van der Waals surface area contributed by atoms with E-state index < -0.39 is 6.09 Å². The normalized spacial score (nSPS) is 11.8. The lowest BCUT2D eigenvalue weighted by atomic mass is 10.1. The molecule has 0 aliphatic heterocycles. The third kappa shape index (κ3) is 3.85. The molecule has 6 heteroatoms. The van der Waals surface area contributed by atoms with Crippen molar-refractivity contribution in [2.75, 3.05) is 11.9 Å². The lowest BCUT2D eigenvalue weighted by Gasteiger charge is -2.17. The van der Waals surface area contributed by atoms with Crippen LogP contribution in [0.2, 0.25) is 0 Å². The van der Waals surface area contributed by atoms with Crippen LogP contribution in [0.4, 0.5) is 10.5 Å². The zero-order chi connectivity index (χ0) is 17.8. The van der Waals surface area contributed by atoms with Crippen LogP contribution in [-0.2, 0) is 7.05 Å². The van der Waals surface area contributed by atoms with Crippen molar-refractivity contribution >= 4 is 24.4 Å². The smallest absolute Gasteiger partial charge is 0.410 e. The molecule has 0 spiro atoms. The molecule has 0 fully saturated rings. The predicted molar refractivity (Wildman–Crippen MR) is 101 cm³/mol. The standard InChI is InChI=1S/C19H19N3O2S/c1-21-13-12-20-18(21)17(25)14-8-10-16(11-9-14)24-19(23)22(2)15-6-4-3-5-7-15/h3-13,17,25H,1-2H3. The van der Waals surface area contributed by atoms with Gasteiger partial charge in [-0.1, -0.05) is 30.3 Å². The van der Waals surface area contributed by atoms with Crippen molar-refractivity contribution in [2.45, 2.75) is 5.25 Å². The molecule has 1 aromatic heterocycles. The van der Waals surface area contributed by atoms with E-state index in [1.165, 1.54) is 4.90 Å². The summed E-state index contributed by atoms with van der Waals surface area (Å²) in [4.78, 5) is 18.0. The summed E-state index contributed by atoms with van der Waals surface area (Å²) in [5, 5.41) is -0.142. The summed E-state index contributed by atoms with van der Waals surface area (Å²) >= 11 is 4.63. The van der Waals surface area contributed by atoms with Gasteiger partial charge in [-0.3, -0.25) is 4.90 Å². The van der Waals surface area contributed by atoms with E-state index in [1.54, 1.807) is 25.4 Å². The first-order chi connectivity index (χ1) is 12.1. The summed E-state index contributed by atoms with van der Waals surface area (Å²) < 4.78 is 7.35. The van der Waals surface area contributed by atoms with Gasteiger partial charge >= 0.3 is 6.09 Å². The van der Waals surface area contributed by atoms with Crippen LogP contribution >= 0.6 is 12.6 Å². The maximum atomic E-state index is 12.2. The predicted octanol–water partition coefficient (Wildman–Crippen LogP) is 4.07. The molecule has 128 valence electrons. The highest BCUT2D eigenvalue weighted by molar-refractivity contribution is 7.80. The SMILES string of the molecule is CN(C(=O)Oc1ccc(C(S)c2nccn2C)cc1)c1ccccc1. The molecular weight excluding hydrogens is 334 g/mol. The van der Waals surface area contributed by atoms with Crippen LogP contribution in [0.25, 0.3) is 0 Å². The number of para-hydroxylation sites is 1. The number of benzene rings is 2. The molecule has 0 radical (unpaired) electrons. The van der Waals surface area contributed by atoms with E-state index in [9.17, 15) is 4.79 Å². The summed E-state index contributed by atoms with van der Waals surface area (Å²) in [5.74, 6) is 1.34. The molecular formula is C19H19N3O2S. The number of thiol groups is 1. The Bertz CT molecular complexity index is 847. The highest BCUT2D eigenvalue weighted by atomic mass is 32.1. The molecule has 1 atom stereocenters. The van der Waals surface area contributed by atoms with E-state index in [2.05, 4.69) is 17.6 Å². The van der Waals surface area contributed by atoms with Crippen LogP contribution in [0, 0.1) is 0 Å². The van der Waals surface area contributed by atoms with Crippen molar-refractivity contribution in [1.29, 1.82) is 0 Å². The lowest BCUT2D eigenvalue weighted by molar-refractivity contribution is 0.209. The maximum absolute atomic E-state index is 12.2. The van der Waals surface area contributed by atoms with Crippen LogP contribution in [0.1, 0.15) is 16.6 Å². The zero-order valence-electron chi connectivity index (χ0n) is 14.0. The highest BCUT2D eigenvalue weighted by Crippen LogP contribution is 2.28. The van der Waals surface area contributed by atoms with Crippen molar-refractivity contribution in [1.82, 2.24) is 9.55 Å². The topological polar surface area (TPSA) is 47.4 Å². The summed E-state index contributed by atoms with van der Waals surface area (Å²) in [7, 11) is 3.61. The van der Waals surface area contributed by atoms with E-state index in [0.29, 0.717) is 5.75 Å². The highest BCUT2D eigenvalue weighted by Gasteiger charge is 2.16. The molecule has 1 heterocycles. The molecule has 0 saturated heterocycles. The average molecular weight is 353 g/mol. The Balaban J connectivity index is 1.68. The van der Waals surface area contributed by atoms with Crippen LogP contribution in [-0.4, -0.2) is 22.7 Å². The second-order valence-corrected chi connectivity index (χ2v) is 6.15. The van der Waals surface area contributed by atoms with Gasteiger partial charge in [0.2, 0.25) is 0 Å². The Hall–Kier alpha value is -2.73. The zero-order valence-corrected chi connectivity index (χ0v) is 14.9. The van der Waals surface area contributed by atoms with Crippen molar-refractivity contribution in [3.63, 3.8) is 0 Å². The Kier molecular flexibility index (Phi) is 5.09. The summed E-state index contributed by atoms with van der Waals surface area (Å²) in [6, 6.07) is 16.6. The molecule has 1 amide bonds. The molecule has 0 aliphatic carbocycles. The van der Waals surface area contributed by atoms with E-state index in [0.717, 1.165) is 17.1 Å². The summed E-state index contributed by atoms with van der Waals surface area (Å²) in [6.07, 6.45) is 3.19. The van der Waals surface area contributed by atoms with Gasteiger partial charge in [-0.15, -0.1) is 0 Å². The van der Waals surface area contributed by atoms with Gasteiger partial charge in [0.15, 0.2) is 0 Å². The Morgan fingerprint density at radius 1 is 1.16 bits per heavy atom. The molecule has 0 bridgehead atoms. The van der Waals surface area contributed by atoms with E-state index >= 15 is 0 Å². The van der Waals surface area contributed by atoms with E-state index in [-0.39, 0.29) is 5.25 Å². The lowest BCUT2D eigenvalue weighted by Crippen LogP contribution is -2.29. The number of carbonyl (C=O) groups excluding carboxylic acids is 1. The molecule has 3 aromatic rings. The van der Waals surface area contributed by atoms with Crippen LogP contribution in [0.5, 0.6) is 5.75 Å². The Labute approximate surface area is 152 Å². The van der Waals surface area contributed by atoms with Crippen molar-refractivity contribution in [2.24, 2.45) is 7.05 Å². The molecule has 5 nitrogen and oxygen atoms in total. The number of nitrogens with zero attached hydrogens (tertiary/aromatic N) is 3. The number of aryl methyl sites for hydroxylation is 1. The van der Waals surface area contributed by atoms with Gasteiger partial charge in [0.05, 0.1) is 5.25 Å².